The second-order valence-corrected chi connectivity index (χ2v) is 11.6. The maximum atomic E-state index is 12.6. The molecule has 1 saturated heterocycles. The number of sulfone groups is 1. The van der Waals surface area contributed by atoms with E-state index in [0.717, 1.165) is 24.3 Å². The molecule has 1 aliphatic rings. The van der Waals surface area contributed by atoms with E-state index in [0.29, 0.717) is 0 Å². The van der Waals surface area contributed by atoms with Crippen LogP contribution < -0.4 is 0 Å². The van der Waals surface area contributed by atoms with Gasteiger partial charge in [0.15, 0.2) is 9.84 Å². The summed E-state index contributed by atoms with van der Waals surface area (Å²) < 4.78 is 88.6. The Morgan fingerprint density at radius 1 is 1.04 bits per heavy atom. The third-order valence-electron chi connectivity index (χ3n) is 4.50. The van der Waals surface area contributed by atoms with Crippen LogP contribution in [0.3, 0.4) is 0 Å². The highest BCUT2D eigenvalue weighted by molar-refractivity contribution is 7.92. The number of nitrogens with zero attached hydrogens (tertiary/aromatic N) is 1. The minimum Gasteiger partial charge on any atom is -0.229 e. The molecule has 0 bridgehead atoms. The van der Waals surface area contributed by atoms with Crippen LogP contribution in [-0.4, -0.2) is 45.2 Å². The van der Waals surface area contributed by atoms with Gasteiger partial charge in [0.05, 0.1) is 22.3 Å². The summed E-state index contributed by atoms with van der Waals surface area (Å²) in [5.74, 6) is -0.318. The second kappa shape index (κ2) is 8.08. The van der Waals surface area contributed by atoms with E-state index in [1.165, 1.54) is 4.31 Å². The number of halogens is 3. The van der Waals surface area contributed by atoms with Gasteiger partial charge in [-0.3, -0.25) is 0 Å². The maximum absolute atomic E-state index is 12.6. The van der Waals surface area contributed by atoms with E-state index >= 15 is 0 Å². The first-order valence-corrected chi connectivity index (χ1v) is 12.0. The minimum atomic E-state index is -4.47. The second-order valence-electron chi connectivity index (χ2n) is 7.27. The Morgan fingerprint density at radius 3 is 2.00 bits per heavy atom. The zero-order valence-electron chi connectivity index (χ0n) is 15.2. The van der Waals surface area contributed by atoms with Gasteiger partial charge in [-0.1, -0.05) is 26.0 Å². The Balaban J connectivity index is 2.01. The molecular weight excluding hydrogens is 403 g/mol. The Bertz CT molecular complexity index is 839. The highest BCUT2D eigenvalue weighted by atomic mass is 32.2. The van der Waals surface area contributed by atoms with Crippen LogP contribution in [0.2, 0.25) is 0 Å². The Labute approximate surface area is 158 Å². The van der Waals surface area contributed by atoms with Crippen LogP contribution in [0.1, 0.15) is 37.8 Å². The van der Waals surface area contributed by atoms with Crippen molar-refractivity contribution in [1.29, 1.82) is 0 Å². The molecule has 0 unspecified atom stereocenters. The third-order valence-corrected chi connectivity index (χ3v) is 8.97. The topological polar surface area (TPSA) is 71.5 Å². The molecule has 154 valence electrons. The number of sulfonamides is 1. The van der Waals surface area contributed by atoms with Gasteiger partial charge in [0.25, 0.3) is 0 Å². The molecule has 2 rings (SSSR count). The summed E-state index contributed by atoms with van der Waals surface area (Å²) in [5.41, 5.74) is -0.572. The molecule has 1 heterocycles. The first kappa shape index (κ1) is 22.2. The van der Waals surface area contributed by atoms with Gasteiger partial charge in [-0.05, 0) is 36.5 Å². The molecule has 5 nitrogen and oxygen atoms in total. The molecule has 0 aliphatic carbocycles. The number of hydrogen-bond donors (Lipinski definition) is 0. The van der Waals surface area contributed by atoms with E-state index in [9.17, 15) is 30.0 Å². The largest absolute Gasteiger partial charge is 0.416 e. The fourth-order valence-electron chi connectivity index (χ4n) is 3.16. The van der Waals surface area contributed by atoms with Crippen molar-refractivity contribution in [2.24, 2.45) is 5.92 Å². The standard InChI is InChI=1S/C17H24F3NO4S2/c1-13(2)11-26(22,23)16-7-9-21(10-8-16)27(24,25)12-14-3-5-15(6-4-14)17(18,19)20/h3-6,13,16H,7-12H2,1-2H3. The molecule has 27 heavy (non-hydrogen) atoms. The smallest absolute Gasteiger partial charge is 0.229 e. The van der Waals surface area contributed by atoms with Crippen molar-refractivity contribution in [1.82, 2.24) is 4.31 Å². The molecule has 0 N–H and O–H groups in total. The van der Waals surface area contributed by atoms with Crippen LogP contribution in [-0.2, 0) is 31.8 Å². The molecule has 1 fully saturated rings. The van der Waals surface area contributed by atoms with Crippen LogP contribution in [0, 0.1) is 5.92 Å². The van der Waals surface area contributed by atoms with Gasteiger partial charge in [0.2, 0.25) is 10.0 Å². The van der Waals surface area contributed by atoms with Crippen LogP contribution in [0.5, 0.6) is 0 Å². The molecule has 0 spiro atoms. The normalized spacial score (nSPS) is 18.1. The molecule has 1 aromatic carbocycles. The summed E-state index contributed by atoms with van der Waals surface area (Å²) in [6.07, 6.45) is -4.00. The summed E-state index contributed by atoms with van der Waals surface area (Å²) in [5, 5.41) is -0.544. The molecule has 0 atom stereocenters. The van der Waals surface area contributed by atoms with Crippen LogP contribution in [0.25, 0.3) is 0 Å². The lowest BCUT2D eigenvalue weighted by atomic mass is 10.1. The number of hydrogen-bond acceptors (Lipinski definition) is 4. The zero-order chi connectivity index (χ0) is 20.5. The van der Waals surface area contributed by atoms with Crippen molar-refractivity contribution < 1.29 is 30.0 Å². The number of benzene rings is 1. The van der Waals surface area contributed by atoms with Gasteiger partial charge in [0, 0.05) is 13.1 Å². The van der Waals surface area contributed by atoms with Crippen molar-refractivity contribution in [2.45, 2.75) is 43.9 Å². The van der Waals surface area contributed by atoms with E-state index < -0.39 is 42.6 Å². The van der Waals surface area contributed by atoms with E-state index in [-0.39, 0.29) is 43.2 Å². The third kappa shape index (κ3) is 5.92. The summed E-state index contributed by atoms with van der Waals surface area (Å²) in [7, 11) is -6.98. The predicted molar refractivity (Wildman–Crippen MR) is 97.3 cm³/mol. The average Bonchev–Trinajstić information content (AvgIpc) is 2.53. The molecule has 1 aromatic rings. The monoisotopic (exact) mass is 427 g/mol. The van der Waals surface area contributed by atoms with Gasteiger partial charge in [-0.25, -0.2) is 21.1 Å². The van der Waals surface area contributed by atoms with Crippen LogP contribution in [0.4, 0.5) is 13.2 Å². The lowest BCUT2D eigenvalue weighted by Gasteiger charge is -2.31. The predicted octanol–water partition coefficient (Wildman–Crippen LogP) is 3.07. The number of piperidine rings is 1. The number of alkyl halides is 3. The first-order chi connectivity index (χ1) is 12.3. The Kier molecular flexibility index (Phi) is 6.63. The summed E-state index contributed by atoms with van der Waals surface area (Å²) >= 11 is 0. The molecule has 0 amide bonds. The minimum absolute atomic E-state index is 0.0106. The van der Waals surface area contributed by atoms with E-state index in [2.05, 4.69) is 0 Å². The quantitative estimate of drug-likeness (QED) is 0.700. The van der Waals surface area contributed by atoms with Gasteiger partial charge >= 0.3 is 6.18 Å². The van der Waals surface area contributed by atoms with Crippen molar-refractivity contribution in [3.05, 3.63) is 35.4 Å². The molecular formula is C17H24F3NO4S2. The van der Waals surface area contributed by atoms with E-state index in [1.54, 1.807) is 0 Å². The molecule has 0 saturated carbocycles. The maximum Gasteiger partial charge on any atom is 0.416 e. The highest BCUT2D eigenvalue weighted by Crippen LogP contribution is 2.30. The van der Waals surface area contributed by atoms with E-state index in [4.69, 9.17) is 0 Å². The lowest BCUT2D eigenvalue weighted by Crippen LogP contribution is -2.43. The zero-order valence-corrected chi connectivity index (χ0v) is 16.9. The Morgan fingerprint density at radius 2 is 1.56 bits per heavy atom. The molecule has 0 radical (unpaired) electrons. The fraction of sp³-hybridized carbons (Fsp3) is 0.647. The van der Waals surface area contributed by atoms with Crippen molar-refractivity contribution >= 4 is 19.9 Å². The van der Waals surface area contributed by atoms with Gasteiger partial charge in [-0.15, -0.1) is 0 Å². The van der Waals surface area contributed by atoms with Crippen LogP contribution in [0.15, 0.2) is 24.3 Å². The molecule has 10 heteroatoms. The summed E-state index contributed by atoms with van der Waals surface area (Å²) in [6.45, 7) is 3.85. The van der Waals surface area contributed by atoms with Crippen LogP contribution >= 0.6 is 0 Å². The molecule has 0 aromatic heterocycles. The first-order valence-electron chi connectivity index (χ1n) is 8.67. The van der Waals surface area contributed by atoms with Crippen molar-refractivity contribution in [3.8, 4) is 0 Å². The van der Waals surface area contributed by atoms with Crippen molar-refractivity contribution in [3.63, 3.8) is 0 Å². The van der Waals surface area contributed by atoms with Gasteiger partial charge in [-0.2, -0.15) is 13.2 Å². The van der Waals surface area contributed by atoms with Crippen molar-refractivity contribution in [2.75, 3.05) is 18.8 Å². The van der Waals surface area contributed by atoms with Gasteiger partial charge < -0.3 is 0 Å². The van der Waals surface area contributed by atoms with E-state index in [1.807, 2.05) is 13.8 Å². The summed E-state index contributed by atoms with van der Waals surface area (Å²) in [6, 6.07) is 4.02. The van der Waals surface area contributed by atoms with Gasteiger partial charge in [0.1, 0.15) is 0 Å². The molecule has 1 aliphatic heterocycles. The highest BCUT2D eigenvalue weighted by Gasteiger charge is 2.35. The Hall–Kier alpha value is -1.13. The fourth-order valence-corrected chi connectivity index (χ4v) is 6.86. The number of rotatable bonds is 6. The summed E-state index contributed by atoms with van der Waals surface area (Å²) in [4.78, 5) is 0. The lowest BCUT2D eigenvalue weighted by molar-refractivity contribution is -0.137. The average molecular weight is 428 g/mol. The SMILES string of the molecule is CC(C)CS(=O)(=O)C1CCN(S(=O)(=O)Cc2ccc(C(F)(F)F)cc2)CC1.